The highest BCUT2D eigenvalue weighted by molar-refractivity contribution is 5.94. The number of aliphatic hydroxyl groups is 1. The van der Waals surface area contributed by atoms with E-state index in [1.165, 1.54) is 4.90 Å². The number of amides is 2. The minimum absolute atomic E-state index is 0.128. The van der Waals surface area contributed by atoms with Crippen LogP contribution in [0.5, 0.6) is 0 Å². The SMILES string of the molecule is CC[C@H](C)N1C(=O)N(c2ccccc2)[C@](C)(O)CC1(C)C. The Balaban J connectivity index is 2.48. The van der Waals surface area contributed by atoms with Crippen molar-refractivity contribution in [3.05, 3.63) is 30.3 Å². The van der Waals surface area contributed by atoms with Gasteiger partial charge in [-0.25, -0.2) is 4.79 Å². The molecule has 116 valence electrons. The van der Waals surface area contributed by atoms with Gasteiger partial charge in [-0.05, 0) is 46.2 Å². The molecule has 2 rings (SSSR count). The molecule has 2 atom stereocenters. The van der Waals surface area contributed by atoms with E-state index >= 15 is 0 Å². The summed E-state index contributed by atoms with van der Waals surface area (Å²) in [6.07, 6.45) is 1.39. The van der Waals surface area contributed by atoms with Crippen LogP contribution in [-0.2, 0) is 0 Å². The number of hydrogen-bond acceptors (Lipinski definition) is 2. The lowest BCUT2D eigenvalue weighted by atomic mass is 9.86. The number of nitrogens with zero attached hydrogens (tertiary/aromatic N) is 2. The normalized spacial score (nSPS) is 26.9. The maximum Gasteiger partial charge on any atom is 0.327 e. The van der Waals surface area contributed by atoms with E-state index in [1.807, 2.05) is 49.1 Å². The average molecular weight is 290 g/mol. The zero-order chi connectivity index (χ0) is 15.8. The van der Waals surface area contributed by atoms with Crippen molar-refractivity contribution < 1.29 is 9.90 Å². The molecule has 0 radical (unpaired) electrons. The van der Waals surface area contributed by atoms with Gasteiger partial charge in [0.25, 0.3) is 0 Å². The molecule has 4 nitrogen and oxygen atoms in total. The van der Waals surface area contributed by atoms with Gasteiger partial charge in [0, 0.05) is 23.7 Å². The second-order valence-electron chi connectivity index (χ2n) is 6.79. The zero-order valence-corrected chi connectivity index (χ0v) is 13.6. The van der Waals surface area contributed by atoms with Crippen LogP contribution >= 0.6 is 0 Å². The van der Waals surface area contributed by atoms with Gasteiger partial charge in [-0.3, -0.25) is 4.90 Å². The van der Waals surface area contributed by atoms with Crippen LogP contribution in [0.2, 0.25) is 0 Å². The zero-order valence-electron chi connectivity index (χ0n) is 13.6. The van der Waals surface area contributed by atoms with E-state index in [2.05, 4.69) is 13.8 Å². The molecule has 2 amide bonds. The lowest BCUT2D eigenvalue weighted by molar-refractivity contribution is -0.0358. The molecule has 21 heavy (non-hydrogen) atoms. The summed E-state index contributed by atoms with van der Waals surface area (Å²) in [5.41, 5.74) is -0.830. The lowest BCUT2D eigenvalue weighted by Gasteiger charge is -2.55. The molecule has 1 aliphatic heterocycles. The fraction of sp³-hybridized carbons (Fsp3) is 0.588. The van der Waals surface area contributed by atoms with Gasteiger partial charge in [0.1, 0.15) is 5.72 Å². The molecule has 1 fully saturated rings. The van der Waals surface area contributed by atoms with E-state index in [0.29, 0.717) is 6.42 Å². The Bertz CT molecular complexity index is 511. The van der Waals surface area contributed by atoms with Crippen LogP contribution in [0.1, 0.15) is 47.5 Å². The van der Waals surface area contributed by atoms with Gasteiger partial charge in [0.2, 0.25) is 0 Å². The molecular weight excluding hydrogens is 264 g/mol. The number of urea groups is 1. The van der Waals surface area contributed by atoms with E-state index < -0.39 is 5.72 Å². The summed E-state index contributed by atoms with van der Waals surface area (Å²) in [5, 5.41) is 10.8. The summed E-state index contributed by atoms with van der Waals surface area (Å²) in [4.78, 5) is 16.5. The van der Waals surface area contributed by atoms with Crippen LogP contribution in [0.3, 0.4) is 0 Å². The molecule has 0 aliphatic carbocycles. The molecule has 1 N–H and O–H groups in total. The van der Waals surface area contributed by atoms with Crippen LogP contribution in [0.4, 0.5) is 10.5 Å². The molecule has 1 saturated heterocycles. The van der Waals surface area contributed by atoms with Crippen LogP contribution in [0.15, 0.2) is 30.3 Å². The van der Waals surface area contributed by atoms with Crippen molar-refractivity contribution in [3.8, 4) is 0 Å². The third-order valence-corrected chi connectivity index (χ3v) is 4.34. The second kappa shape index (κ2) is 5.34. The molecule has 1 aliphatic rings. The summed E-state index contributed by atoms with van der Waals surface area (Å²) in [5.74, 6) is 0. The predicted molar refractivity (Wildman–Crippen MR) is 85.2 cm³/mol. The van der Waals surface area contributed by atoms with Crippen LogP contribution in [-0.4, -0.2) is 33.3 Å². The third kappa shape index (κ3) is 2.77. The van der Waals surface area contributed by atoms with Crippen molar-refractivity contribution in [2.24, 2.45) is 0 Å². The lowest BCUT2D eigenvalue weighted by Crippen LogP contribution is -2.69. The van der Waals surface area contributed by atoms with Crippen molar-refractivity contribution in [2.75, 3.05) is 4.90 Å². The number of carbonyl (C=O) groups excluding carboxylic acids is 1. The maximum atomic E-state index is 13.0. The van der Waals surface area contributed by atoms with Gasteiger partial charge < -0.3 is 10.0 Å². The first-order chi connectivity index (χ1) is 9.70. The predicted octanol–water partition coefficient (Wildman–Crippen LogP) is 3.60. The summed E-state index contributed by atoms with van der Waals surface area (Å²) in [7, 11) is 0. The highest BCUT2D eigenvalue weighted by Gasteiger charge is 2.51. The van der Waals surface area contributed by atoms with Crippen LogP contribution < -0.4 is 4.90 Å². The maximum absolute atomic E-state index is 13.0. The van der Waals surface area contributed by atoms with Crippen molar-refractivity contribution >= 4 is 11.7 Å². The number of anilines is 1. The van der Waals surface area contributed by atoms with E-state index in [4.69, 9.17) is 0 Å². The van der Waals surface area contributed by atoms with E-state index in [9.17, 15) is 9.90 Å². The number of benzene rings is 1. The molecule has 1 aromatic carbocycles. The molecule has 0 bridgehead atoms. The van der Waals surface area contributed by atoms with Crippen molar-refractivity contribution in [2.45, 2.75) is 64.8 Å². The van der Waals surface area contributed by atoms with Gasteiger partial charge in [-0.1, -0.05) is 25.1 Å². The smallest absolute Gasteiger partial charge is 0.327 e. The van der Waals surface area contributed by atoms with Crippen molar-refractivity contribution in [1.82, 2.24) is 4.90 Å². The van der Waals surface area contributed by atoms with E-state index in [1.54, 1.807) is 6.92 Å². The first-order valence-electron chi connectivity index (χ1n) is 7.61. The summed E-state index contributed by atoms with van der Waals surface area (Å²) >= 11 is 0. The fourth-order valence-electron chi connectivity index (χ4n) is 3.49. The Labute approximate surface area is 127 Å². The first-order valence-corrected chi connectivity index (χ1v) is 7.61. The van der Waals surface area contributed by atoms with Gasteiger partial charge in [-0.15, -0.1) is 0 Å². The van der Waals surface area contributed by atoms with Gasteiger partial charge >= 0.3 is 6.03 Å². The van der Waals surface area contributed by atoms with Gasteiger partial charge in [0.05, 0.1) is 0 Å². The second-order valence-corrected chi connectivity index (χ2v) is 6.79. The van der Waals surface area contributed by atoms with E-state index in [0.717, 1.165) is 12.1 Å². The van der Waals surface area contributed by atoms with Crippen molar-refractivity contribution in [1.29, 1.82) is 0 Å². The van der Waals surface area contributed by atoms with Crippen molar-refractivity contribution in [3.63, 3.8) is 0 Å². The molecule has 4 heteroatoms. The highest BCUT2D eigenvalue weighted by atomic mass is 16.3. The Morgan fingerprint density at radius 3 is 2.33 bits per heavy atom. The molecule has 1 heterocycles. The molecule has 0 aromatic heterocycles. The topological polar surface area (TPSA) is 43.8 Å². The molecule has 0 spiro atoms. The standard InChI is InChI=1S/C17H26N2O2/c1-6-13(2)18-15(20)19(14-10-8-7-9-11-14)17(5,21)12-16(18,3)4/h7-11,13,21H,6,12H2,1-5H3/t13-,17+/m0/s1. The molecule has 0 unspecified atom stereocenters. The monoisotopic (exact) mass is 290 g/mol. The molecular formula is C17H26N2O2. The average Bonchev–Trinajstić information content (AvgIpc) is 2.36. The number of carbonyl (C=O) groups is 1. The Morgan fingerprint density at radius 2 is 1.81 bits per heavy atom. The molecule has 1 aromatic rings. The summed E-state index contributed by atoms with van der Waals surface area (Å²) < 4.78 is 0. The third-order valence-electron chi connectivity index (χ3n) is 4.34. The summed E-state index contributed by atoms with van der Waals surface area (Å²) in [6.45, 7) is 9.89. The minimum Gasteiger partial charge on any atom is -0.371 e. The van der Waals surface area contributed by atoms with Gasteiger partial charge in [-0.2, -0.15) is 0 Å². The Morgan fingerprint density at radius 1 is 1.24 bits per heavy atom. The minimum atomic E-state index is -1.19. The fourth-order valence-corrected chi connectivity index (χ4v) is 3.49. The molecule has 0 saturated carbocycles. The largest absolute Gasteiger partial charge is 0.371 e. The number of hydrogen-bond donors (Lipinski definition) is 1. The van der Waals surface area contributed by atoms with Crippen LogP contribution in [0.25, 0.3) is 0 Å². The van der Waals surface area contributed by atoms with Gasteiger partial charge in [0.15, 0.2) is 0 Å². The first kappa shape index (κ1) is 15.8. The number of para-hydroxylation sites is 1. The Kier molecular flexibility index (Phi) is 4.02. The highest BCUT2D eigenvalue weighted by Crippen LogP contribution is 2.40. The quantitative estimate of drug-likeness (QED) is 0.924. The number of rotatable bonds is 3. The summed E-state index contributed by atoms with van der Waals surface area (Å²) in [6, 6.07) is 9.40. The Hall–Kier alpha value is -1.55. The van der Waals surface area contributed by atoms with Crippen LogP contribution in [0, 0.1) is 0 Å². The van der Waals surface area contributed by atoms with E-state index in [-0.39, 0.29) is 17.6 Å².